The third-order valence-corrected chi connectivity index (χ3v) is 15.7. The normalized spacial score (nSPS) is 12.7. The Labute approximate surface area is 429 Å². The fourth-order valence-electron chi connectivity index (χ4n) is 12.6. The number of hydrogen-bond acceptors (Lipinski definition) is 1. The Bertz CT molecular complexity index is 4390. The summed E-state index contributed by atoms with van der Waals surface area (Å²) in [7, 11) is 0. The molecule has 0 amide bonds. The molecular weight excluding hydrogens is 895 g/mol. The highest BCUT2D eigenvalue weighted by atomic mass is 15.1. The molecule has 14 aromatic rings. The molecule has 3 nitrogen and oxygen atoms in total. The highest BCUT2D eigenvalue weighted by Crippen LogP contribution is 2.57. The van der Waals surface area contributed by atoms with Gasteiger partial charge in [-0.25, -0.2) is 0 Å². The predicted octanol–water partition coefficient (Wildman–Crippen LogP) is 18.5. The molecule has 346 valence electrons. The van der Waals surface area contributed by atoms with E-state index < -0.39 is 5.41 Å². The Morgan fingerprint density at radius 1 is 0.284 bits per heavy atom. The topological polar surface area (TPSA) is 13.1 Å². The number of nitrogens with zero attached hydrogens (tertiary/aromatic N) is 3. The van der Waals surface area contributed by atoms with Gasteiger partial charge >= 0.3 is 0 Å². The van der Waals surface area contributed by atoms with Crippen LogP contribution in [-0.2, 0) is 5.41 Å². The van der Waals surface area contributed by atoms with E-state index in [0.717, 1.165) is 39.6 Å². The zero-order valence-corrected chi connectivity index (χ0v) is 40.5. The van der Waals surface area contributed by atoms with E-state index in [0.29, 0.717) is 0 Å². The van der Waals surface area contributed by atoms with Crippen molar-refractivity contribution in [2.45, 2.75) is 5.41 Å². The molecule has 0 fully saturated rings. The predicted molar refractivity (Wildman–Crippen MR) is 310 cm³/mol. The summed E-state index contributed by atoms with van der Waals surface area (Å²) in [4.78, 5) is 2.52. The molecular formula is C71H47N3. The van der Waals surface area contributed by atoms with Gasteiger partial charge in [-0.2, -0.15) is 0 Å². The van der Waals surface area contributed by atoms with Crippen molar-refractivity contribution >= 4 is 71.4 Å². The number of para-hydroxylation sites is 4. The molecule has 15 rings (SSSR count). The van der Waals surface area contributed by atoms with Gasteiger partial charge in [-0.15, -0.1) is 0 Å². The number of benzene rings is 12. The lowest BCUT2D eigenvalue weighted by molar-refractivity contribution is 0.768. The molecule has 2 aromatic heterocycles. The first-order valence-corrected chi connectivity index (χ1v) is 25.6. The summed E-state index contributed by atoms with van der Waals surface area (Å²) in [5.74, 6) is 0. The van der Waals surface area contributed by atoms with Crippen molar-refractivity contribution in [3.8, 4) is 33.6 Å². The van der Waals surface area contributed by atoms with Gasteiger partial charge in [0.2, 0.25) is 0 Å². The van der Waals surface area contributed by atoms with Crippen LogP contribution in [0.1, 0.15) is 22.3 Å². The Balaban J connectivity index is 1.04. The van der Waals surface area contributed by atoms with Gasteiger partial charge in [-0.1, -0.05) is 206 Å². The van der Waals surface area contributed by atoms with Crippen LogP contribution in [0.3, 0.4) is 0 Å². The summed E-state index contributed by atoms with van der Waals surface area (Å²) < 4.78 is 4.86. The summed E-state index contributed by atoms with van der Waals surface area (Å²) in [6, 6.07) is 106. The summed E-state index contributed by atoms with van der Waals surface area (Å²) in [6.45, 7) is 0. The molecule has 0 unspecified atom stereocenters. The first kappa shape index (κ1) is 42.0. The van der Waals surface area contributed by atoms with E-state index in [9.17, 15) is 0 Å². The highest BCUT2D eigenvalue weighted by Gasteiger charge is 2.46. The van der Waals surface area contributed by atoms with E-state index in [4.69, 9.17) is 0 Å². The first-order chi connectivity index (χ1) is 36.7. The van der Waals surface area contributed by atoms with Gasteiger partial charge in [0.05, 0.1) is 33.2 Å². The zero-order chi connectivity index (χ0) is 48.7. The van der Waals surface area contributed by atoms with Gasteiger partial charge in [0, 0.05) is 49.7 Å². The fraction of sp³-hybridized carbons (Fsp3) is 0.0141. The number of anilines is 3. The molecule has 3 heteroatoms. The number of aromatic nitrogens is 2. The fourth-order valence-corrected chi connectivity index (χ4v) is 12.6. The quantitative estimate of drug-likeness (QED) is 0.148. The van der Waals surface area contributed by atoms with Crippen molar-refractivity contribution in [3.63, 3.8) is 0 Å². The Morgan fingerprint density at radius 3 is 1.50 bits per heavy atom. The molecule has 0 aliphatic heterocycles. The monoisotopic (exact) mass is 941 g/mol. The van der Waals surface area contributed by atoms with E-state index in [1.165, 1.54) is 87.8 Å². The SMILES string of the molecule is c1ccc(-n2c3ccccc3c3cc(-c4cc(N(c5ccc6c(c5)C(c5ccccc5)(c5ccccc5)c5ccccc5-6)c5cccc6ccccc56)cc(-n5c6ccccc6c6ccccc65)c4)ccc32)cc1. The molecule has 1 aliphatic rings. The van der Waals surface area contributed by atoms with Crippen LogP contribution in [0.5, 0.6) is 0 Å². The summed E-state index contributed by atoms with van der Waals surface area (Å²) >= 11 is 0. The zero-order valence-electron chi connectivity index (χ0n) is 40.5. The molecule has 0 N–H and O–H groups in total. The highest BCUT2D eigenvalue weighted by molar-refractivity contribution is 6.12. The first-order valence-electron chi connectivity index (χ1n) is 25.6. The average molecular weight is 942 g/mol. The lowest BCUT2D eigenvalue weighted by Crippen LogP contribution is -2.28. The lowest BCUT2D eigenvalue weighted by atomic mass is 9.67. The number of rotatable bonds is 8. The number of fused-ring (bicyclic) bond motifs is 10. The summed E-state index contributed by atoms with van der Waals surface area (Å²) in [6.07, 6.45) is 0. The average Bonchev–Trinajstić information content (AvgIpc) is 4.11. The van der Waals surface area contributed by atoms with Crippen LogP contribution in [0.25, 0.3) is 88.0 Å². The van der Waals surface area contributed by atoms with Crippen LogP contribution in [0.2, 0.25) is 0 Å². The molecule has 0 radical (unpaired) electrons. The van der Waals surface area contributed by atoms with Crippen LogP contribution in [0, 0.1) is 0 Å². The molecule has 2 heterocycles. The molecule has 0 spiro atoms. The van der Waals surface area contributed by atoms with Gasteiger partial charge < -0.3 is 14.0 Å². The maximum absolute atomic E-state index is 2.52. The minimum absolute atomic E-state index is 0.570. The molecule has 12 aromatic carbocycles. The van der Waals surface area contributed by atoms with Gasteiger partial charge in [-0.05, 0) is 129 Å². The maximum Gasteiger partial charge on any atom is 0.0714 e. The van der Waals surface area contributed by atoms with Crippen molar-refractivity contribution in [1.82, 2.24) is 9.13 Å². The van der Waals surface area contributed by atoms with Gasteiger partial charge in [-0.3, -0.25) is 0 Å². The second kappa shape index (κ2) is 16.7. The second-order valence-electron chi connectivity index (χ2n) is 19.6. The minimum Gasteiger partial charge on any atom is -0.310 e. The number of hydrogen-bond donors (Lipinski definition) is 0. The van der Waals surface area contributed by atoms with Crippen LogP contribution in [-0.4, -0.2) is 9.13 Å². The molecule has 0 bridgehead atoms. The Hall–Kier alpha value is -9.70. The van der Waals surface area contributed by atoms with Gasteiger partial charge in [0.25, 0.3) is 0 Å². The third-order valence-electron chi connectivity index (χ3n) is 15.7. The van der Waals surface area contributed by atoms with E-state index >= 15 is 0 Å². The third kappa shape index (κ3) is 6.27. The molecule has 1 aliphatic carbocycles. The molecule has 74 heavy (non-hydrogen) atoms. The molecule has 0 atom stereocenters. The van der Waals surface area contributed by atoms with Crippen molar-refractivity contribution in [3.05, 3.63) is 307 Å². The van der Waals surface area contributed by atoms with E-state index in [-0.39, 0.29) is 0 Å². The smallest absolute Gasteiger partial charge is 0.0714 e. The Morgan fingerprint density at radius 2 is 0.811 bits per heavy atom. The van der Waals surface area contributed by atoms with Crippen molar-refractivity contribution in [1.29, 1.82) is 0 Å². The van der Waals surface area contributed by atoms with E-state index in [1.807, 2.05) is 0 Å². The summed E-state index contributed by atoms with van der Waals surface area (Å²) in [5.41, 5.74) is 19.4. The molecule has 0 saturated carbocycles. The lowest BCUT2D eigenvalue weighted by Gasteiger charge is -2.35. The van der Waals surface area contributed by atoms with Crippen molar-refractivity contribution in [2.75, 3.05) is 4.90 Å². The van der Waals surface area contributed by atoms with Crippen LogP contribution in [0.15, 0.2) is 285 Å². The van der Waals surface area contributed by atoms with Crippen molar-refractivity contribution < 1.29 is 0 Å². The largest absolute Gasteiger partial charge is 0.310 e. The van der Waals surface area contributed by atoms with Crippen LogP contribution in [0.4, 0.5) is 17.1 Å². The van der Waals surface area contributed by atoms with Crippen molar-refractivity contribution in [2.24, 2.45) is 0 Å². The standard InChI is InChI=1S/C71H47N3/c1-4-23-51(24-5-1)71(52-25-6-2-7-26-52)64-34-16-12-30-58(64)59-41-40-54(47-65(59)71)72(66-38-20-22-48-21-10-11-29-57(48)66)55-43-50(44-56(46-55)74-67-35-17-13-31-60(67)61-32-14-18-36-68(61)74)49-39-42-70-63(45-49)62-33-15-19-37-69(62)73(70)53-27-8-3-9-28-53/h1-47H. The van der Waals surface area contributed by atoms with E-state index in [2.05, 4.69) is 299 Å². The summed E-state index contributed by atoms with van der Waals surface area (Å²) in [5, 5.41) is 7.26. The van der Waals surface area contributed by atoms with Gasteiger partial charge in [0.1, 0.15) is 0 Å². The van der Waals surface area contributed by atoms with E-state index in [1.54, 1.807) is 0 Å². The van der Waals surface area contributed by atoms with Crippen LogP contribution >= 0.6 is 0 Å². The molecule has 0 saturated heterocycles. The minimum atomic E-state index is -0.570. The second-order valence-corrected chi connectivity index (χ2v) is 19.6. The van der Waals surface area contributed by atoms with Crippen LogP contribution < -0.4 is 4.90 Å². The van der Waals surface area contributed by atoms with Gasteiger partial charge in [0.15, 0.2) is 0 Å². The Kier molecular flexibility index (Phi) is 9.48. The maximum atomic E-state index is 2.52.